The van der Waals surface area contributed by atoms with E-state index in [1.807, 2.05) is 0 Å². The Hall–Kier alpha value is -2.52. The van der Waals surface area contributed by atoms with E-state index in [9.17, 15) is 23.3 Å². The molecule has 0 fully saturated rings. The van der Waals surface area contributed by atoms with Gasteiger partial charge in [0.15, 0.2) is 5.75 Å². The van der Waals surface area contributed by atoms with E-state index in [0.29, 0.717) is 0 Å². The molecule has 1 atom stereocenters. The molecule has 0 heterocycles. The smallest absolute Gasteiger partial charge is 0.401 e. The van der Waals surface area contributed by atoms with E-state index < -0.39 is 35.1 Å². The van der Waals surface area contributed by atoms with E-state index in [1.54, 1.807) is 0 Å². The molecular formula is C11H12F3N3O4. The van der Waals surface area contributed by atoms with E-state index in [-0.39, 0.29) is 11.5 Å². The third kappa shape index (κ3) is 4.23. The molecule has 7 nitrogen and oxygen atoms in total. The lowest BCUT2D eigenvalue weighted by molar-refractivity contribution is -0.385. The summed E-state index contributed by atoms with van der Waals surface area (Å²) in [6.45, 7) is -0.942. The number of rotatable bonds is 6. The number of ether oxygens (including phenoxy) is 2. The molecule has 0 saturated heterocycles. The largest absolute Gasteiger partial charge is 0.492 e. The van der Waals surface area contributed by atoms with Gasteiger partial charge in [0.1, 0.15) is 24.1 Å². The van der Waals surface area contributed by atoms with Crippen LogP contribution in [0.5, 0.6) is 11.5 Å². The second-order valence-electron chi connectivity index (χ2n) is 3.95. The number of halogens is 3. The summed E-state index contributed by atoms with van der Waals surface area (Å²) in [5.41, 5.74) is 4.42. The van der Waals surface area contributed by atoms with Crippen LogP contribution in [0.4, 0.5) is 18.9 Å². The molecule has 0 aliphatic heterocycles. The Bertz CT molecular complexity index is 548. The summed E-state index contributed by atoms with van der Waals surface area (Å²) in [6, 6.07) is 3.36. The average molecular weight is 307 g/mol. The molecule has 1 aromatic rings. The number of nitrogens with one attached hydrogen (secondary N) is 1. The van der Waals surface area contributed by atoms with E-state index in [0.717, 1.165) is 6.07 Å². The Morgan fingerprint density at radius 1 is 1.52 bits per heavy atom. The fourth-order valence-electron chi connectivity index (χ4n) is 1.44. The van der Waals surface area contributed by atoms with Gasteiger partial charge >= 0.3 is 11.9 Å². The van der Waals surface area contributed by atoms with Crippen LogP contribution in [0.3, 0.4) is 0 Å². The van der Waals surface area contributed by atoms with Crippen molar-refractivity contribution in [1.82, 2.24) is 0 Å². The van der Waals surface area contributed by atoms with Crippen molar-refractivity contribution in [2.45, 2.75) is 6.18 Å². The van der Waals surface area contributed by atoms with Gasteiger partial charge in [0.2, 0.25) is 0 Å². The van der Waals surface area contributed by atoms with Gasteiger partial charge < -0.3 is 15.2 Å². The highest BCUT2D eigenvalue weighted by atomic mass is 19.4. The average Bonchev–Trinajstić information content (AvgIpc) is 2.36. The summed E-state index contributed by atoms with van der Waals surface area (Å²) in [4.78, 5) is 10.0. The third-order valence-electron chi connectivity index (χ3n) is 2.53. The molecule has 1 rings (SSSR count). The fourth-order valence-corrected chi connectivity index (χ4v) is 1.44. The summed E-state index contributed by atoms with van der Waals surface area (Å²) in [6.07, 6.45) is -4.73. The molecule has 0 aromatic heterocycles. The fraction of sp³-hybridized carbons (Fsp3) is 0.364. The van der Waals surface area contributed by atoms with Crippen LogP contribution in [0.15, 0.2) is 18.2 Å². The van der Waals surface area contributed by atoms with Gasteiger partial charge in [-0.2, -0.15) is 13.2 Å². The minimum atomic E-state index is -4.73. The van der Waals surface area contributed by atoms with Crippen molar-refractivity contribution in [2.75, 3.05) is 13.7 Å². The number of methoxy groups -OCH3 is 1. The number of hydrogen-bond donors (Lipinski definition) is 2. The van der Waals surface area contributed by atoms with Gasteiger partial charge in [0.25, 0.3) is 0 Å². The van der Waals surface area contributed by atoms with Crippen LogP contribution >= 0.6 is 0 Å². The van der Waals surface area contributed by atoms with E-state index in [4.69, 9.17) is 20.6 Å². The molecule has 0 bridgehead atoms. The van der Waals surface area contributed by atoms with Crippen molar-refractivity contribution in [3.05, 3.63) is 28.3 Å². The van der Waals surface area contributed by atoms with Crippen molar-refractivity contribution in [1.29, 1.82) is 5.41 Å². The molecule has 0 spiro atoms. The predicted molar refractivity (Wildman–Crippen MR) is 66.6 cm³/mol. The summed E-state index contributed by atoms with van der Waals surface area (Å²) in [5.74, 6) is -3.58. The number of nitro groups is 1. The first-order valence-electron chi connectivity index (χ1n) is 5.52. The van der Waals surface area contributed by atoms with Crippen LogP contribution < -0.4 is 15.2 Å². The van der Waals surface area contributed by atoms with E-state index in [1.165, 1.54) is 19.2 Å². The number of alkyl halides is 3. The van der Waals surface area contributed by atoms with Crippen molar-refractivity contribution in [2.24, 2.45) is 11.7 Å². The number of amidine groups is 1. The van der Waals surface area contributed by atoms with Crippen molar-refractivity contribution in [3.63, 3.8) is 0 Å². The quantitative estimate of drug-likeness (QED) is 0.362. The third-order valence-corrected chi connectivity index (χ3v) is 2.53. The van der Waals surface area contributed by atoms with Gasteiger partial charge in [-0.3, -0.25) is 15.5 Å². The highest BCUT2D eigenvalue weighted by Gasteiger charge is 2.42. The highest BCUT2D eigenvalue weighted by Crippen LogP contribution is 2.32. The van der Waals surface area contributed by atoms with Crippen LogP contribution in [0.2, 0.25) is 0 Å². The molecule has 3 N–H and O–H groups in total. The maximum atomic E-state index is 12.6. The number of nitrogens with two attached hydrogens (primary N) is 1. The first-order valence-corrected chi connectivity index (χ1v) is 5.52. The van der Waals surface area contributed by atoms with Gasteiger partial charge in [-0.15, -0.1) is 0 Å². The molecule has 0 aliphatic carbocycles. The Morgan fingerprint density at radius 3 is 2.57 bits per heavy atom. The zero-order chi connectivity index (χ0) is 16.2. The second-order valence-corrected chi connectivity index (χ2v) is 3.95. The predicted octanol–water partition coefficient (Wildman–Crippen LogP) is 2.10. The topological polar surface area (TPSA) is 111 Å². The number of nitro benzene ring substituents is 1. The lowest BCUT2D eigenvalue weighted by Gasteiger charge is -2.19. The zero-order valence-electron chi connectivity index (χ0n) is 10.8. The molecule has 1 aromatic carbocycles. The minimum absolute atomic E-state index is 0.0497. The Morgan fingerprint density at radius 2 is 2.14 bits per heavy atom. The molecule has 0 saturated carbocycles. The normalized spacial score (nSPS) is 12.6. The van der Waals surface area contributed by atoms with Gasteiger partial charge in [-0.05, 0) is 12.1 Å². The van der Waals surface area contributed by atoms with Crippen molar-refractivity contribution >= 4 is 11.5 Å². The molecule has 21 heavy (non-hydrogen) atoms. The molecule has 0 radical (unpaired) electrons. The molecule has 1 unspecified atom stereocenters. The van der Waals surface area contributed by atoms with Crippen LogP contribution in [0.1, 0.15) is 0 Å². The Kier molecular flexibility index (Phi) is 4.95. The number of benzene rings is 1. The minimum Gasteiger partial charge on any atom is -0.492 e. The SMILES string of the molecule is COc1ccc(OCC(C(=N)N)C(F)(F)F)cc1[N+](=O)[O-]. The molecule has 10 heteroatoms. The van der Waals surface area contributed by atoms with Crippen molar-refractivity contribution < 1.29 is 27.6 Å². The molecular weight excluding hydrogens is 295 g/mol. The van der Waals surface area contributed by atoms with Crippen molar-refractivity contribution in [3.8, 4) is 11.5 Å². The molecule has 116 valence electrons. The lowest BCUT2D eigenvalue weighted by Crippen LogP contribution is -2.39. The zero-order valence-corrected chi connectivity index (χ0v) is 10.8. The summed E-state index contributed by atoms with van der Waals surface area (Å²) >= 11 is 0. The van der Waals surface area contributed by atoms with Gasteiger partial charge in [-0.1, -0.05) is 0 Å². The Labute approximate surface area is 117 Å². The van der Waals surface area contributed by atoms with E-state index in [2.05, 4.69) is 0 Å². The van der Waals surface area contributed by atoms with Gasteiger partial charge in [-0.25, -0.2) is 0 Å². The maximum absolute atomic E-state index is 12.6. The van der Waals surface area contributed by atoms with E-state index >= 15 is 0 Å². The van der Waals surface area contributed by atoms with Crippen LogP contribution in [0.25, 0.3) is 0 Å². The Balaban J connectivity index is 2.91. The van der Waals surface area contributed by atoms with Gasteiger partial charge in [0, 0.05) is 0 Å². The van der Waals surface area contributed by atoms with Gasteiger partial charge in [0.05, 0.1) is 18.1 Å². The molecule has 0 amide bonds. The standard InChI is InChI=1S/C11H12F3N3O4/c1-20-9-3-2-6(4-8(9)17(18)19)21-5-7(10(15)16)11(12,13)14/h2-4,7H,5H2,1H3,(H3,15,16). The maximum Gasteiger partial charge on any atom is 0.401 e. The summed E-state index contributed by atoms with van der Waals surface area (Å²) < 4.78 is 47.3. The van der Waals surface area contributed by atoms with Crippen LogP contribution in [0, 0.1) is 21.4 Å². The van der Waals surface area contributed by atoms with Crippen LogP contribution in [-0.2, 0) is 0 Å². The number of hydrogen-bond acceptors (Lipinski definition) is 5. The first-order chi connectivity index (χ1) is 9.66. The first kappa shape index (κ1) is 16.5. The van der Waals surface area contributed by atoms with Crippen LogP contribution in [-0.4, -0.2) is 30.7 Å². The lowest BCUT2D eigenvalue weighted by atomic mass is 10.1. The summed E-state index contributed by atoms with van der Waals surface area (Å²) in [7, 11) is 1.22. The monoisotopic (exact) mass is 307 g/mol. The summed E-state index contributed by atoms with van der Waals surface area (Å²) in [5, 5.41) is 17.7. The highest BCUT2D eigenvalue weighted by molar-refractivity contribution is 5.80. The molecule has 0 aliphatic rings. The second kappa shape index (κ2) is 6.29. The number of nitrogens with zero attached hydrogens (tertiary/aromatic N) is 1.